The lowest BCUT2D eigenvalue weighted by Crippen LogP contribution is -2.32. The molecule has 0 aliphatic rings. The minimum absolute atomic E-state index is 0.142. The Kier molecular flexibility index (Phi) is 5.87. The van der Waals surface area contributed by atoms with Gasteiger partial charge in [-0.05, 0) is 12.5 Å². The lowest BCUT2D eigenvalue weighted by molar-refractivity contribution is -0.134. The summed E-state index contributed by atoms with van der Waals surface area (Å²) in [4.78, 5) is 27.6. The van der Waals surface area contributed by atoms with E-state index in [0.29, 0.717) is 6.61 Å². The Bertz CT molecular complexity index is 392. The van der Waals surface area contributed by atoms with E-state index in [1.165, 1.54) is 6.92 Å². The van der Waals surface area contributed by atoms with Gasteiger partial charge in [-0.15, -0.1) is 0 Å². The molecule has 1 aromatic rings. The fraction of sp³-hybridized carbons (Fsp3) is 0.385. The van der Waals surface area contributed by atoms with E-state index < -0.39 is 0 Å². The molecule has 18 heavy (non-hydrogen) atoms. The summed E-state index contributed by atoms with van der Waals surface area (Å²) in [6.45, 7) is 3.61. The molecule has 2 amide bonds. The molecule has 0 fully saturated rings. The Balaban J connectivity index is 2.67. The van der Waals surface area contributed by atoms with E-state index in [2.05, 4.69) is 10.8 Å². The van der Waals surface area contributed by atoms with Crippen LogP contribution >= 0.6 is 0 Å². The Hall–Kier alpha value is -1.88. The SMILES string of the molecule is CCONC(=O)CC(NC(C)=O)c1ccccc1. The predicted octanol–water partition coefficient (Wildman–Crippen LogP) is 1.32. The molecule has 0 heterocycles. The van der Waals surface area contributed by atoms with Crippen LogP contribution in [0, 0.1) is 0 Å². The number of rotatable bonds is 6. The second kappa shape index (κ2) is 7.45. The normalized spacial score (nSPS) is 11.7. The van der Waals surface area contributed by atoms with Crippen molar-refractivity contribution in [2.75, 3.05) is 6.61 Å². The third-order valence-corrected chi connectivity index (χ3v) is 2.30. The summed E-state index contributed by atoms with van der Waals surface area (Å²) >= 11 is 0. The van der Waals surface area contributed by atoms with E-state index in [1.54, 1.807) is 6.92 Å². The summed E-state index contributed by atoms with van der Waals surface area (Å²) in [5.74, 6) is -0.437. The highest BCUT2D eigenvalue weighted by Gasteiger charge is 2.16. The Morgan fingerprint density at radius 2 is 1.94 bits per heavy atom. The fourth-order valence-electron chi connectivity index (χ4n) is 1.56. The smallest absolute Gasteiger partial charge is 0.245 e. The molecule has 0 aromatic heterocycles. The fourth-order valence-corrected chi connectivity index (χ4v) is 1.56. The number of amides is 2. The number of carbonyl (C=O) groups excluding carboxylic acids is 2. The van der Waals surface area contributed by atoms with Crippen LogP contribution in [0.3, 0.4) is 0 Å². The molecule has 1 unspecified atom stereocenters. The van der Waals surface area contributed by atoms with Gasteiger partial charge in [0.05, 0.1) is 19.1 Å². The maximum Gasteiger partial charge on any atom is 0.245 e. The quantitative estimate of drug-likeness (QED) is 0.748. The zero-order chi connectivity index (χ0) is 13.4. The molecule has 1 aromatic carbocycles. The molecule has 0 spiro atoms. The molecule has 0 aliphatic heterocycles. The predicted molar refractivity (Wildman–Crippen MR) is 67.4 cm³/mol. The van der Waals surface area contributed by atoms with Crippen molar-refractivity contribution in [3.63, 3.8) is 0 Å². The second-order valence-corrected chi connectivity index (χ2v) is 3.83. The molecule has 5 nitrogen and oxygen atoms in total. The number of hydroxylamine groups is 1. The van der Waals surface area contributed by atoms with Gasteiger partial charge >= 0.3 is 0 Å². The average molecular weight is 250 g/mol. The first kappa shape index (κ1) is 14.2. The summed E-state index contributed by atoms with van der Waals surface area (Å²) in [6.07, 6.45) is 0.142. The van der Waals surface area contributed by atoms with Crippen LogP contribution in [0.4, 0.5) is 0 Å². The monoisotopic (exact) mass is 250 g/mol. The van der Waals surface area contributed by atoms with Crippen LogP contribution in [0.2, 0.25) is 0 Å². The van der Waals surface area contributed by atoms with Crippen molar-refractivity contribution in [2.45, 2.75) is 26.3 Å². The molecule has 0 aliphatic carbocycles. The summed E-state index contributed by atoms with van der Waals surface area (Å²) < 4.78 is 0. The third-order valence-electron chi connectivity index (χ3n) is 2.30. The zero-order valence-electron chi connectivity index (χ0n) is 10.6. The van der Waals surface area contributed by atoms with E-state index >= 15 is 0 Å². The van der Waals surface area contributed by atoms with Crippen molar-refractivity contribution in [3.8, 4) is 0 Å². The number of nitrogens with one attached hydrogen (secondary N) is 2. The molecule has 0 saturated heterocycles. The first-order chi connectivity index (χ1) is 8.63. The van der Waals surface area contributed by atoms with Gasteiger partial charge in [0, 0.05) is 6.92 Å². The lowest BCUT2D eigenvalue weighted by Gasteiger charge is -2.17. The van der Waals surface area contributed by atoms with Gasteiger partial charge in [-0.2, -0.15) is 0 Å². The second-order valence-electron chi connectivity index (χ2n) is 3.83. The largest absolute Gasteiger partial charge is 0.349 e. The maximum absolute atomic E-state index is 11.6. The van der Waals surface area contributed by atoms with E-state index in [1.807, 2.05) is 30.3 Å². The zero-order valence-corrected chi connectivity index (χ0v) is 10.6. The topological polar surface area (TPSA) is 67.4 Å². The summed E-state index contributed by atoms with van der Waals surface area (Å²) in [7, 11) is 0. The molecule has 2 N–H and O–H groups in total. The Morgan fingerprint density at radius 1 is 1.28 bits per heavy atom. The Morgan fingerprint density at radius 3 is 2.50 bits per heavy atom. The van der Waals surface area contributed by atoms with Crippen LogP contribution in [0.1, 0.15) is 31.9 Å². The molecule has 5 heteroatoms. The molecule has 1 rings (SSSR count). The standard InChI is InChI=1S/C13H18N2O3/c1-3-18-15-13(17)9-12(14-10(2)16)11-7-5-4-6-8-11/h4-8,12H,3,9H2,1-2H3,(H,14,16)(H,15,17). The van der Waals surface area contributed by atoms with Crippen molar-refractivity contribution >= 4 is 11.8 Å². The van der Waals surface area contributed by atoms with Gasteiger partial charge < -0.3 is 5.32 Å². The highest BCUT2D eigenvalue weighted by atomic mass is 16.6. The highest BCUT2D eigenvalue weighted by molar-refractivity contribution is 5.78. The van der Waals surface area contributed by atoms with Crippen LogP contribution in [0.5, 0.6) is 0 Å². The van der Waals surface area contributed by atoms with Crippen molar-refractivity contribution in [1.82, 2.24) is 10.8 Å². The van der Waals surface area contributed by atoms with Crippen LogP contribution in [-0.4, -0.2) is 18.4 Å². The summed E-state index contributed by atoms with van der Waals surface area (Å²) in [5, 5.41) is 2.75. The lowest BCUT2D eigenvalue weighted by atomic mass is 10.0. The number of carbonyl (C=O) groups is 2. The van der Waals surface area contributed by atoms with Crippen molar-refractivity contribution in [1.29, 1.82) is 0 Å². The molecule has 0 saturated carbocycles. The highest BCUT2D eigenvalue weighted by Crippen LogP contribution is 2.16. The molecule has 98 valence electrons. The van der Waals surface area contributed by atoms with Gasteiger partial charge in [0.25, 0.3) is 0 Å². The van der Waals surface area contributed by atoms with Gasteiger partial charge in [-0.25, -0.2) is 5.48 Å². The Labute approximate surface area is 106 Å². The number of benzene rings is 1. The van der Waals surface area contributed by atoms with E-state index in [-0.39, 0.29) is 24.3 Å². The average Bonchev–Trinajstić information content (AvgIpc) is 2.36. The van der Waals surface area contributed by atoms with Crippen molar-refractivity contribution in [3.05, 3.63) is 35.9 Å². The minimum Gasteiger partial charge on any atom is -0.349 e. The van der Waals surface area contributed by atoms with E-state index in [4.69, 9.17) is 4.84 Å². The van der Waals surface area contributed by atoms with Gasteiger partial charge in [0.1, 0.15) is 0 Å². The van der Waals surface area contributed by atoms with Gasteiger partial charge in [-0.1, -0.05) is 30.3 Å². The first-order valence-corrected chi connectivity index (χ1v) is 5.86. The van der Waals surface area contributed by atoms with Gasteiger partial charge in [0.15, 0.2) is 0 Å². The molecule has 0 radical (unpaired) electrons. The van der Waals surface area contributed by atoms with Crippen LogP contribution in [-0.2, 0) is 14.4 Å². The van der Waals surface area contributed by atoms with Crippen molar-refractivity contribution in [2.24, 2.45) is 0 Å². The summed E-state index contributed by atoms with van der Waals surface area (Å²) in [5.41, 5.74) is 3.20. The van der Waals surface area contributed by atoms with Crippen molar-refractivity contribution < 1.29 is 14.4 Å². The molecule has 0 bridgehead atoms. The van der Waals surface area contributed by atoms with E-state index in [9.17, 15) is 9.59 Å². The van der Waals surface area contributed by atoms with Gasteiger partial charge in [0.2, 0.25) is 11.8 Å². The molecular formula is C13H18N2O3. The van der Waals surface area contributed by atoms with Crippen LogP contribution < -0.4 is 10.8 Å². The number of hydrogen-bond acceptors (Lipinski definition) is 3. The minimum atomic E-state index is -0.343. The maximum atomic E-state index is 11.6. The third kappa shape index (κ3) is 4.97. The van der Waals surface area contributed by atoms with Crippen LogP contribution in [0.15, 0.2) is 30.3 Å². The molecular weight excluding hydrogens is 232 g/mol. The molecule has 1 atom stereocenters. The summed E-state index contributed by atoms with van der Waals surface area (Å²) in [6, 6.07) is 9.01. The van der Waals surface area contributed by atoms with E-state index in [0.717, 1.165) is 5.56 Å². The first-order valence-electron chi connectivity index (χ1n) is 5.86. The number of hydrogen-bond donors (Lipinski definition) is 2. The van der Waals surface area contributed by atoms with Crippen LogP contribution in [0.25, 0.3) is 0 Å². The van der Waals surface area contributed by atoms with Gasteiger partial charge in [-0.3, -0.25) is 14.4 Å².